The predicted molar refractivity (Wildman–Crippen MR) is 105 cm³/mol. The second-order valence-corrected chi connectivity index (χ2v) is 6.35. The molecule has 0 atom stereocenters. The number of rotatable bonds is 5. The van der Waals surface area contributed by atoms with Crippen LogP contribution < -0.4 is 10.2 Å². The first-order valence-electron chi connectivity index (χ1n) is 8.48. The average Bonchev–Trinajstić information content (AvgIpc) is 3.21. The Morgan fingerprint density at radius 1 is 0.962 bits per heavy atom. The summed E-state index contributed by atoms with van der Waals surface area (Å²) in [6.45, 7) is 0.740. The number of benzene rings is 3. The van der Waals surface area contributed by atoms with Crippen LogP contribution in [0.5, 0.6) is 0 Å². The van der Waals surface area contributed by atoms with Gasteiger partial charge in [-0.2, -0.15) is 5.21 Å². The number of nitrogens with one attached hydrogen (secondary N) is 2. The number of H-pyrrole nitrogens is 1. The van der Waals surface area contributed by atoms with Crippen molar-refractivity contribution in [3.8, 4) is 11.4 Å². The van der Waals surface area contributed by atoms with E-state index in [1.165, 1.54) is 22.0 Å². The maximum Gasteiger partial charge on any atom is 0.204 e. The summed E-state index contributed by atoms with van der Waals surface area (Å²) in [5.41, 5.74) is 4.43. The topological polar surface area (TPSA) is 69.7 Å². The second-order valence-electron chi connectivity index (χ2n) is 6.35. The van der Waals surface area contributed by atoms with E-state index >= 15 is 0 Å². The van der Waals surface area contributed by atoms with Gasteiger partial charge in [-0.25, -0.2) is 0 Å². The molecule has 6 heteroatoms. The van der Waals surface area contributed by atoms with Gasteiger partial charge in [0.25, 0.3) is 0 Å². The van der Waals surface area contributed by atoms with E-state index in [4.69, 9.17) is 0 Å². The van der Waals surface area contributed by atoms with Crippen molar-refractivity contribution in [2.24, 2.45) is 0 Å². The van der Waals surface area contributed by atoms with E-state index in [1.54, 1.807) is 0 Å². The van der Waals surface area contributed by atoms with Crippen LogP contribution in [0, 0.1) is 0 Å². The van der Waals surface area contributed by atoms with Crippen molar-refractivity contribution in [3.05, 3.63) is 66.2 Å². The van der Waals surface area contributed by atoms with Gasteiger partial charge in [-0.05, 0) is 34.4 Å². The van der Waals surface area contributed by atoms with Gasteiger partial charge in [-0.3, -0.25) is 0 Å². The molecule has 0 fully saturated rings. The highest BCUT2D eigenvalue weighted by atomic mass is 15.5. The summed E-state index contributed by atoms with van der Waals surface area (Å²) in [6.07, 6.45) is 0. The van der Waals surface area contributed by atoms with Crippen LogP contribution in [-0.4, -0.2) is 34.7 Å². The van der Waals surface area contributed by atoms with Crippen LogP contribution in [0.25, 0.3) is 22.2 Å². The number of nitrogens with zero attached hydrogens (tertiary/aromatic N) is 4. The van der Waals surface area contributed by atoms with E-state index in [0.29, 0.717) is 5.82 Å². The van der Waals surface area contributed by atoms with Crippen molar-refractivity contribution < 1.29 is 0 Å². The zero-order valence-electron chi connectivity index (χ0n) is 14.8. The minimum Gasteiger partial charge on any atom is -0.381 e. The monoisotopic (exact) mass is 344 g/mol. The van der Waals surface area contributed by atoms with E-state index in [0.717, 1.165) is 17.8 Å². The van der Waals surface area contributed by atoms with Gasteiger partial charge in [0.1, 0.15) is 0 Å². The third-order valence-corrected chi connectivity index (χ3v) is 4.42. The number of anilines is 2. The fourth-order valence-electron chi connectivity index (χ4n) is 3.14. The summed E-state index contributed by atoms with van der Waals surface area (Å²) in [4.78, 5) is 2.15. The first-order valence-corrected chi connectivity index (χ1v) is 8.48. The smallest absolute Gasteiger partial charge is 0.204 e. The largest absolute Gasteiger partial charge is 0.381 e. The molecule has 0 bridgehead atoms. The molecule has 1 heterocycles. The molecule has 3 aromatic carbocycles. The Morgan fingerprint density at radius 2 is 1.81 bits per heavy atom. The number of tetrazole rings is 1. The van der Waals surface area contributed by atoms with Crippen LogP contribution in [0.15, 0.2) is 60.7 Å². The van der Waals surface area contributed by atoms with Crippen molar-refractivity contribution >= 4 is 22.1 Å². The number of aromatic amines is 1. The summed E-state index contributed by atoms with van der Waals surface area (Å²) in [7, 11) is 4.15. The Kier molecular flexibility index (Phi) is 4.23. The fourth-order valence-corrected chi connectivity index (χ4v) is 3.14. The Morgan fingerprint density at radius 3 is 2.58 bits per heavy atom. The van der Waals surface area contributed by atoms with E-state index in [-0.39, 0.29) is 0 Å². The van der Waals surface area contributed by atoms with Gasteiger partial charge in [-0.1, -0.05) is 42.5 Å². The number of fused-ring (bicyclic) bond motifs is 1. The molecule has 4 aromatic rings. The highest BCUT2D eigenvalue weighted by molar-refractivity contribution is 5.96. The lowest BCUT2D eigenvalue weighted by Gasteiger charge is -2.18. The van der Waals surface area contributed by atoms with Gasteiger partial charge in [0.15, 0.2) is 0 Å². The van der Waals surface area contributed by atoms with Crippen molar-refractivity contribution in [2.45, 2.75) is 6.54 Å². The summed E-state index contributed by atoms with van der Waals surface area (Å²) >= 11 is 0. The summed E-state index contributed by atoms with van der Waals surface area (Å²) < 4.78 is 0. The molecule has 0 saturated heterocycles. The normalized spacial score (nSPS) is 10.8. The van der Waals surface area contributed by atoms with E-state index < -0.39 is 0 Å². The van der Waals surface area contributed by atoms with Gasteiger partial charge in [0.2, 0.25) is 5.82 Å². The molecule has 0 radical (unpaired) electrons. The molecule has 130 valence electrons. The highest BCUT2D eigenvalue weighted by Crippen LogP contribution is 2.29. The lowest BCUT2D eigenvalue weighted by molar-refractivity contribution is 0.881. The lowest BCUT2D eigenvalue weighted by Crippen LogP contribution is -2.10. The molecule has 0 amide bonds. The number of hydrogen-bond acceptors (Lipinski definition) is 5. The van der Waals surface area contributed by atoms with Crippen molar-refractivity contribution in [1.29, 1.82) is 0 Å². The molecule has 0 aliphatic heterocycles. The highest BCUT2D eigenvalue weighted by Gasteiger charge is 2.08. The third-order valence-electron chi connectivity index (χ3n) is 4.42. The number of aromatic nitrogens is 4. The van der Waals surface area contributed by atoms with E-state index in [2.05, 4.69) is 81.3 Å². The Labute approximate surface area is 151 Å². The quantitative estimate of drug-likeness (QED) is 0.578. The first-order chi connectivity index (χ1) is 12.7. The molecular weight excluding hydrogens is 324 g/mol. The van der Waals surface area contributed by atoms with Gasteiger partial charge in [0, 0.05) is 43.0 Å². The molecule has 6 nitrogen and oxygen atoms in total. The molecule has 2 N–H and O–H groups in total. The molecule has 1 aromatic heterocycles. The van der Waals surface area contributed by atoms with Gasteiger partial charge in [-0.15, -0.1) is 10.2 Å². The zero-order valence-corrected chi connectivity index (χ0v) is 14.8. The number of hydrogen-bond donors (Lipinski definition) is 2. The maximum absolute atomic E-state index is 4.03. The second kappa shape index (κ2) is 6.84. The van der Waals surface area contributed by atoms with E-state index in [9.17, 15) is 0 Å². The van der Waals surface area contributed by atoms with E-state index in [1.807, 2.05) is 24.3 Å². The van der Waals surface area contributed by atoms with Crippen LogP contribution in [0.2, 0.25) is 0 Å². The minimum absolute atomic E-state index is 0.592. The predicted octanol–water partition coefficient (Wildman–Crippen LogP) is 3.70. The molecular formula is C20H20N6. The molecule has 0 saturated carbocycles. The fraction of sp³-hybridized carbons (Fsp3) is 0.150. The van der Waals surface area contributed by atoms with Crippen molar-refractivity contribution in [1.82, 2.24) is 20.6 Å². The first kappa shape index (κ1) is 16.1. The summed E-state index contributed by atoms with van der Waals surface area (Å²) in [5, 5.41) is 20.2. The van der Waals surface area contributed by atoms with Crippen LogP contribution in [0.4, 0.5) is 11.4 Å². The molecule has 26 heavy (non-hydrogen) atoms. The van der Waals surface area contributed by atoms with Crippen LogP contribution in [0.1, 0.15) is 5.56 Å². The molecule has 0 aliphatic rings. The molecule has 0 spiro atoms. The molecule has 4 rings (SSSR count). The van der Waals surface area contributed by atoms with Gasteiger partial charge >= 0.3 is 0 Å². The third kappa shape index (κ3) is 3.09. The van der Waals surface area contributed by atoms with Crippen LogP contribution >= 0.6 is 0 Å². The maximum atomic E-state index is 4.03. The van der Waals surface area contributed by atoms with Gasteiger partial charge in [0.05, 0.1) is 0 Å². The Hall–Kier alpha value is -3.41. The Balaban J connectivity index is 1.61. The standard InChI is InChI=1S/C20H20N6/c1-26(2)19-11-10-15(17-8-3-4-9-18(17)19)13-21-16-7-5-6-14(12-16)20-22-24-25-23-20/h3-12,21H,13H2,1-2H3,(H,22,23,24,25). The summed E-state index contributed by atoms with van der Waals surface area (Å²) in [5.74, 6) is 0.592. The molecule has 0 unspecified atom stereocenters. The Bertz CT molecular complexity index is 1020. The van der Waals surface area contributed by atoms with Crippen molar-refractivity contribution in [2.75, 3.05) is 24.3 Å². The molecule has 0 aliphatic carbocycles. The zero-order chi connectivity index (χ0) is 17.9. The van der Waals surface area contributed by atoms with Crippen LogP contribution in [-0.2, 0) is 6.54 Å². The van der Waals surface area contributed by atoms with Crippen molar-refractivity contribution in [3.63, 3.8) is 0 Å². The summed E-state index contributed by atoms with van der Waals surface area (Å²) in [6, 6.07) is 20.9. The minimum atomic E-state index is 0.592. The van der Waals surface area contributed by atoms with Gasteiger partial charge < -0.3 is 10.2 Å². The average molecular weight is 344 g/mol. The van der Waals surface area contributed by atoms with Crippen LogP contribution in [0.3, 0.4) is 0 Å². The SMILES string of the molecule is CN(C)c1ccc(CNc2cccc(-c3nn[nH]n3)c2)c2ccccc12. The lowest BCUT2D eigenvalue weighted by atomic mass is 10.0.